The molecular formula is C9H17N3O3. The van der Waals surface area contributed by atoms with Gasteiger partial charge in [0, 0.05) is 20.6 Å². The van der Waals surface area contributed by atoms with Crippen molar-refractivity contribution < 1.29 is 14.0 Å². The summed E-state index contributed by atoms with van der Waals surface area (Å²) < 4.78 is 14.9. The largest absolute Gasteiger partial charge is 0.382 e. The van der Waals surface area contributed by atoms with E-state index in [1.807, 2.05) is 0 Å². The van der Waals surface area contributed by atoms with Crippen LogP contribution in [0.1, 0.15) is 11.7 Å². The molecule has 1 rings (SSSR count). The van der Waals surface area contributed by atoms with Crippen molar-refractivity contribution in [3.63, 3.8) is 0 Å². The van der Waals surface area contributed by atoms with E-state index >= 15 is 0 Å². The van der Waals surface area contributed by atoms with Crippen molar-refractivity contribution >= 4 is 0 Å². The molecule has 0 aliphatic heterocycles. The Morgan fingerprint density at radius 1 is 1.33 bits per heavy atom. The Balaban J connectivity index is 1.93. The van der Waals surface area contributed by atoms with Crippen molar-refractivity contribution in [3.05, 3.63) is 11.7 Å². The lowest BCUT2D eigenvalue weighted by Gasteiger charge is -2.03. The lowest BCUT2D eigenvalue weighted by molar-refractivity contribution is 0.0718. The Morgan fingerprint density at radius 3 is 2.87 bits per heavy atom. The summed E-state index contributed by atoms with van der Waals surface area (Å²) in [5.74, 6) is 1.26. The van der Waals surface area contributed by atoms with Crippen molar-refractivity contribution in [1.29, 1.82) is 0 Å². The summed E-state index contributed by atoms with van der Waals surface area (Å²) in [4.78, 5) is 4.06. The summed E-state index contributed by atoms with van der Waals surface area (Å²) in [6, 6.07) is 0. The van der Waals surface area contributed by atoms with Crippen molar-refractivity contribution in [1.82, 2.24) is 15.5 Å². The van der Waals surface area contributed by atoms with Crippen LogP contribution in [0.15, 0.2) is 4.52 Å². The summed E-state index contributed by atoms with van der Waals surface area (Å²) >= 11 is 0. The average molecular weight is 215 g/mol. The third-order valence-electron chi connectivity index (χ3n) is 1.71. The number of rotatable bonds is 8. The number of methoxy groups -OCH3 is 1. The zero-order valence-corrected chi connectivity index (χ0v) is 9.15. The van der Waals surface area contributed by atoms with Crippen LogP contribution in [0.25, 0.3) is 0 Å². The molecule has 0 spiro atoms. The van der Waals surface area contributed by atoms with E-state index in [-0.39, 0.29) is 0 Å². The second-order valence-electron chi connectivity index (χ2n) is 3.01. The number of nitrogens with one attached hydrogen (secondary N) is 1. The van der Waals surface area contributed by atoms with Crippen LogP contribution in [0.3, 0.4) is 0 Å². The summed E-state index contributed by atoms with van der Waals surface area (Å²) in [7, 11) is 1.65. The van der Waals surface area contributed by atoms with Crippen molar-refractivity contribution in [2.45, 2.75) is 13.5 Å². The number of hydrogen-bond acceptors (Lipinski definition) is 6. The predicted octanol–water partition coefficient (Wildman–Crippen LogP) is 0.131. The lowest BCUT2D eigenvalue weighted by atomic mass is 10.5. The van der Waals surface area contributed by atoms with E-state index in [1.54, 1.807) is 14.0 Å². The smallest absolute Gasteiger partial charge is 0.223 e. The summed E-state index contributed by atoms with van der Waals surface area (Å²) in [5.41, 5.74) is 0. The van der Waals surface area contributed by atoms with Crippen molar-refractivity contribution in [2.75, 3.05) is 33.5 Å². The van der Waals surface area contributed by atoms with Gasteiger partial charge in [0.05, 0.1) is 26.4 Å². The fourth-order valence-corrected chi connectivity index (χ4v) is 1.00. The number of aryl methyl sites for hydroxylation is 1. The Kier molecular flexibility index (Phi) is 5.91. The molecule has 0 bridgehead atoms. The monoisotopic (exact) mass is 215 g/mol. The minimum Gasteiger partial charge on any atom is -0.382 e. The van der Waals surface area contributed by atoms with Gasteiger partial charge in [-0.2, -0.15) is 4.98 Å². The molecule has 1 aromatic rings. The van der Waals surface area contributed by atoms with Gasteiger partial charge in [0.15, 0.2) is 5.82 Å². The second-order valence-corrected chi connectivity index (χ2v) is 3.01. The van der Waals surface area contributed by atoms with Gasteiger partial charge in [0.25, 0.3) is 0 Å². The van der Waals surface area contributed by atoms with Gasteiger partial charge in [-0.3, -0.25) is 0 Å². The van der Waals surface area contributed by atoms with Gasteiger partial charge < -0.3 is 19.3 Å². The molecule has 15 heavy (non-hydrogen) atoms. The lowest BCUT2D eigenvalue weighted by Crippen LogP contribution is -2.20. The Hall–Kier alpha value is -0.980. The quantitative estimate of drug-likeness (QED) is 0.622. The van der Waals surface area contributed by atoms with Crippen LogP contribution in [-0.4, -0.2) is 43.6 Å². The molecule has 0 atom stereocenters. The van der Waals surface area contributed by atoms with E-state index in [9.17, 15) is 0 Å². The highest BCUT2D eigenvalue weighted by molar-refractivity contribution is 4.82. The van der Waals surface area contributed by atoms with Crippen LogP contribution in [0.2, 0.25) is 0 Å². The van der Waals surface area contributed by atoms with Gasteiger partial charge in [-0.05, 0) is 0 Å². The molecule has 0 saturated carbocycles. The van der Waals surface area contributed by atoms with Crippen molar-refractivity contribution in [2.24, 2.45) is 0 Å². The molecule has 0 aliphatic carbocycles. The highest BCUT2D eigenvalue weighted by Crippen LogP contribution is 1.93. The third kappa shape index (κ3) is 5.46. The third-order valence-corrected chi connectivity index (χ3v) is 1.71. The molecule has 0 fully saturated rings. The molecule has 1 N–H and O–H groups in total. The average Bonchev–Trinajstić information content (AvgIpc) is 2.63. The summed E-state index contributed by atoms with van der Waals surface area (Å²) in [6.07, 6.45) is 0. The fraction of sp³-hybridized carbons (Fsp3) is 0.778. The highest BCUT2D eigenvalue weighted by Gasteiger charge is 2.00. The first-order valence-electron chi connectivity index (χ1n) is 4.89. The number of nitrogens with zero attached hydrogens (tertiary/aromatic N) is 2. The molecular weight excluding hydrogens is 198 g/mol. The van der Waals surface area contributed by atoms with Gasteiger partial charge in [0.1, 0.15) is 0 Å². The van der Waals surface area contributed by atoms with E-state index in [1.165, 1.54) is 0 Å². The van der Waals surface area contributed by atoms with Gasteiger partial charge in [-0.15, -0.1) is 0 Å². The summed E-state index contributed by atoms with van der Waals surface area (Å²) in [5, 5.41) is 6.89. The van der Waals surface area contributed by atoms with E-state index < -0.39 is 0 Å². The van der Waals surface area contributed by atoms with Crippen molar-refractivity contribution in [3.8, 4) is 0 Å². The molecule has 6 heteroatoms. The Morgan fingerprint density at radius 2 is 2.20 bits per heavy atom. The molecule has 0 radical (unpaired) electrons. The molecule has 0 aromatic carbocycles. The molecule has 1 aromatic heterocycles. The van der Waals surface area contributed by atoms with Crippen LogP contribution in [0.5, 0.6) is 0 Å². The van der Waals surface area contributed by atoms with E-state index in [0.29, 0.717) is 38.1 Å². The predicted molar refractivity (Wildman–Crippen MR) is 53.4 cm³/mol. The SMILES string of the molecule is COCCOCCNCc1noc(C)n1. The van der Waals surface area contributed by atoms with Gasteiger partial charge in [-0.1, -0.05) is 5.16 Å². The zero-order valence-electron chi connectivity index (χ0n) is 9.15. The van der Waals surface area contributed by atoms with Crippen LogP contribution >= 0.6 is 0 Å². The molecule has 0 aliphatic rings. The first kappa shape index (κ1) is 12.1. The van der Waals surface area contributed by atoms with Gasteiger partial charge in [-0.25, -0.2) is 0 Å². The topological polar surface area (TPSA) is 69.4 Å². The maximum absolute atomic E-state index is 5.27. The maximum atomic E-state index is 5.27. The van der Waals surface area contributed by atoms with E-state index in [0.717, 1.165) is 6.54 Å². The fourth-order valence-electron chi connectivity index (χ4n) is 1.00. The van der Waals surface area contributed by atoms with Crippen LogP contribution < -0.4 is 5.32 Å². The molecule has 1 heterocycles. The molecule has 0 saturated heterocycles. The minimum atomic E-state index is 0.586. The molecule has 86 valence electrons. The van der Waals surface area contributed by atoms with E-state index in [2.05, 4.69) is 15.5 Å². The van der Waals surface area contributed by atoms with E-state index in [4.69, 9.17) is 14.0 Å². The number of hydrogen-bond donors (Lipinski definition) is 1. The first-order valence-corrected chi connectivity index (χ1v) is 4.89. The maximum Gasteiger partial charge on any atom is 0.223 e. The highest BCUT2D eigenvalue weighted by atomic mass is 16.5. The van der Waals surface area contributed by atoms with Crippen LogP contribution in [0.4, 0.5) is 0 Å². The first-order chi connectivity index (χ1) is 7.33. The normalized spacial score (nSPS) is 10.8. The molecule has 0 unspecified atom stereocenters. The molecule has 6 nitrogen and oxygen atoms in total. The number of aromatic nitrogens is 2. The summed E-state index contributed by atoms with van der Waals surface area (Å²) in [6.45, 7) is 5.04. The standard InChI is InChI=1S/C9H17N3O3/c1-8-11-9(12-15-8)7-10-3-4-14-6-5-13-2/h10H,3-7H2,1-2H3. The van der Waals surface area contributed by atoms with Crippen LogP contribution in [0, 0.1) is 6.92 Å². The van der Waals surface area contributed by atoms with Gasteiger partial charge in [0.2, 0.25) is 5.89 Å². The number of ether oxygens (including phenoxy) is 2. The molecule has 0 amide bonds. The second kappa shape index (κ2) is 7.33. The minimum absolute atomic E-state index is 0.586. The Labute approximate surface area is 88.9 Å². The Bertz CT molecular complexity index is 265. The zero-order chi connectivity index (χ0) is 10.9. The van der Waals surface area contributed by atoms with Crippen LogP contribution in [-0.2, 0) is 16.0 Å². The van der Waals surface area contributed by atoms with Gasteiger partial charge >= 0.3 is 0 Å².